The molecule has 1 saturated carbocycles. The van der Waals surface area contributed by atoms with Gasteiger partial charge in [0.05, 0.1) is 11.9 Å². The Bertz CT molecular complexity index is 1490. The Balaban J connectivity index is 1.28. The first-order valence-corrected chi connectivity index (χ1v) is 13.1. The van der Waals surface area contributed by atoms with Gasteiger partial charge in [-0.2, -0.15) is 9.61 Å². The smallest absolute Gasteiger partial charge is 0.248 e. The molecule has 6 heterocycles. The van der Waals surface area contributed by atoms with Crippen LogP contribution in [0.2, 0.25) is 0 Å². The van der Waals surface area contributed by atoms with Crippen molar-refractivity contribution < 1.29 is 9.90 Å². The van der Waals surface area contributed by atoms with Crippen molar-refractivity contribution in [2.45, 2.75) is 69.4 Å². The first kappa shape index (κ1) is 22.4. The summed E-state index contributed by atoms with van der Waals surface area (Å²) in [4.78, 5) is 31.8. The number of piperidine rings is 1. The third kappa shape index (κ3) is 3.61. The van der Waals surface area contributed by atoms with Crippen LogP contribution in [-0.4, -0.2) is 64.2 Å². The summed E-state index contributed by atoms with van der Waals surface area (Å²) in [6.07, 6.45) is 11.3. The second-order valence-electron chi connectivity index (χ2n) is 10.7. The number of amides is 1. The Hall–Kier alpha value is -3.79. The van der Waals surface area contributed by atoms with Crippen molar-refractivity contribution in [3.8, 4) is 22.6 Å². The lowest BCUT2D eigenvalue weighted by molar-refractivity contribution is -0.138. The van der Waals surface area contributed by atoms with E-state index in [1.54, 1.807) is 10.7 Å². The average Bonchev–Trinajstić information content (AvgIpc) is 3.40. The maximum Gasteiger partial charge on any atom is 0.248 e. The Kier molecular flexibility index (Phi) is 5.07. The van der Waals surface area contributed by atoms with E-state index in [9.17, 15) is 9.90 Å². The van der Waals surface area contributed by atoms with Crippen LogP contribution >= 0.6 is 0 Å². The fourth-order valence-electron chi connectivity index (χ4n) is 6.48. The van der Waals surface area contributed by atoms with Crippen LogP contribution in [-0.2, 0) is 4.79 Å². The number of imidazole rings is 1. The Morgan fingerprint density at radius 1 is 1.08 bits per heavy atom. The lowest BCUT2D eigenvalue weighted by atomic mass is 9.85. The standard InChI is InChI=1S/C27H30N8O2/c1-14-10-30-26(32-14)21-7-4-16(11-29-21)20-12-31-35-25(28)23(15-2-3-15)24(33-27(20)35)17-8-18-5-6-19(9-17)34(18)22(37)13-36/h4,7,10-12,15,17-19,36H,2-3,5-6,8-9,13,28H2,1H3,(H,30,32)/t17-,18-,19+. The number of carbonyl (C=O) groups is 1. The molecule has 3 atom stereocenters. The molecule has 0 aromatic carbocycles. The highest BCUT2D eigenvalue weighted by molar-refractivity contribution is 5.80. The zero-order chi connectivity index (χ0) is 25.3. The molecular formula is C27H30N8O2. The van der Waals surface area contributed by atoms with Crippen molar-refractivity contribution in [1.82, 2.24) is 34.4 Å². The van der Waals surface area contributed by atoms with Crippen LogP contribution in [0, 0.1) is 6.92 Å². The summed E-state index contributed by atoms with van der Waals surface area (Å²) in [7, 11) is 0. The number of fused-ring (bicyclic) bond motifs is 3. The van der Waals surface area contributed by atoms with E-state index in [-0.39, 0.29) is 23.9 Å². The molecule has 10 heteroatoms. The molecule has 4 aromatic rings. The number of rotatable bonds is 5. The van der Waals surface area contributed by atoms with E-state index in [0.717, 1.165) is 83.8 Å². The first-order chi connectivity index (χ1) is 18.0. The van der Waals surface area contributed by atoms with E-state index in [1.807, 2.05) is 36.4 Å². The van der Waals surface area contributed by atoms with E-state index in [2.05, 4.69) is 20.1 Å². The summed E-state index contributed by atoms with van der Waals surface area (Å²) >= 11 is 0. The van der Waals surface area contributed by atoms with Gasteiger partial charge in [0, 0.05) is 52.8 Å². The van der Waals surface area contributed by atoms with Gasteiger partial charge in [0.15, 0.2) is 11.5 Å². The summed E-state index contributed by atoms with van der Waals surface area (Å²) in [6.45, 7) is 1.54. The van der Waals surface area contributed by atoms with Crippen LogP contribution < -0.4 is 5.73 Å². The van der Waals surface area contributed by atoms with Crippen LogP contribution in [0.3, 0.4) is 0 Å². The molecule has 2 saturated heterocycles. The predicted molar refractivity (Wildman–Crippen MR) is 138 cm³/mol. The van der Waals surface area contributed by atoms with E-state index in [0.29, 0.717) is 11.7 Å². The van der Waals surface area contributed by atoms with Crippen LogP contribution in [0.15, 0.2) is 30.7 Å². The molecule has 1 amide bonds. The van der Waals surface area contributed by atoms with Gasteiger partial charge in [0.25, 0.3) is 0 Å². The first-order valence-electron chi connectivity index (χ1n) is 13.1. The second kappa shape index (κ2) is 8.37. The van der Waals surface area contributed by atoms with E-state index in [4.69, 9.17) is 10.7 Å². The lowest BCUT2D eigenvalue weighted by Gasteiger charge is -2.39. The minimum absolute atomic E-state index is 0.154. The van der Waals surface area contributed by atoms with Gasteiger partial charge in [-0.1, -0.05) is 6.07 Å². The van der Waals surface area contributed by atoms with Gasteiger partial charge in [0.1, 0.15) is 18.1 Å². The van der Waals surface area contributed by atoms with Crippen LogP contribution in [0.25, 0.3) is 28.3 Å². The summed E-state index contributed by atoms with van der Waals surface area (Å²) in [5.41, 5.74) is 13.3. The number of hydrogen-bond acceptors (Lipinski definition) is 7. The number of aliphatic hydroxyl groups is 1. The molecule has 0 radical (unpaired) electrons. The number of nitrogens with zero attached hydrogens (tertiary/aromatic N) is 6. The van der Waals surface area contributed by atoms with E-state index >= 15 is 0 Å². The topological polar surface area (TPSA) is 138 Å². The van der Waals surface area contributed by atoms with Crippen molar-refractivity contribution in [2.75, 3.05) is 12.3 Å². The number of aryl methyl sites for hydroxylation is 1. The number of aromatic nitrogens is 6. The minimum atomic E-state index is -0.423. The Morgan fingerprint density at radius 2 is 1.86 bits per heavy atom. The number of H-pyrrole nitrogens is 1. The number of nitrogens with two attached hydrogens (primary N) is 1. The SMILES string of the molecule is Cc1cnc(-c2ccc(-c3cnn4c(N)c(C5CC5)c([C@@H]5C[C@H]6CC[C@@H](C5)N6C(=O)CO)nc34)cn2)[nH]1. The highest BCUT2D eigenvalue weighted by atomic mass is 16.3. The molecule has 1 aliphatic carbocycles. The molecule has 2 bridgehead atoms. The number of aromatic amines is 1. The Morgan fingerprint density at radius 3 is 2.49 bits per heavy atom. The molecule has 4 N–H and O–H groups in total. The molecule has 0 unspecified atom stereocenters. The highest BCUT2D eigenvalue weighted by Gasteiger charge is 2.45. The zero-order valence-corrected chi connectivity index (χ0v) is 20.8. The largest absolute Gasteiger partial charge is 0.387 e. The number of aliphatic hydroxyl groups excluding tert-OH is 1. The van der Waals surface area contributed by atoms with E-state index < -0.39 is 6.61 Å². The summed E-state index contributed by atoms with van der Waals surface area (Å²) in [5, 5.41) is 14.1. The van der Waals surface area contributed by atoms with Gasteiger partial charge in [0.2, 0.25) is 5.91 Å². The normalized spacial score (nSPS) is 23.2. The number of nitrogens with one attached hydrogen (secondary N) is 1. The highest BCUT2D eigenvalue weighted by Crippen LogP contribution is 2.50. The predicted octanol–water partition coefficient (Wildman–Crippen LogP) is 3.18. The molecule has 10 nitrogen and oxygen atoms in total. The van der Waals surface area contributed by atoms with Crippen LogP contribution in [0.1, 0.15) is 67.3 Å². The molecule has 4 aromatic heterocycles. The zero-order valence-electron chi connectivity index (χ0n) is 20.8. The van der Waals surface area contributed by atoms with Gasteiger partial charge >= 0.3 is 0 Å². The maximum atomic E-state index is 12.4. The average molecular weight is 499 g/mol. The van der Waals surface area contributed by atoms with E-state index in [1.165, 1.54) is 0 Å². The number of anilines is 1. The van der Waals surface area contributed by atoms with Crippen LogP contribution in [0.4, 0.5) is 5.82 Å². The summed E-state index contributed by atoms with van der Waals surface area (Å²) in [6, 6.07) is 4.27. The molecule has 37 heavy (non-hydrogen) atoms. The number of pyridine rings is 1. The van der Waals surface area contributed by atoms with Gasteiger partial charge in [-0.15, -0.1) is 0 Å². The van der Waals surface area contributed by atoms with Crippen molar-refractivity contribution in [3.63, 3.8) is 0 Å². The Labute approximate surface area is 214 Å². The summed E-state index contributed by atoms with van der Waals surface area (Å²) in [5.74, 6) is 1.91. The number of carbonyl (C=O) groups excluding carboxylic acids is 1. The molecule has 190 valence electrons. The van der Waals surface area contributed by atoms with Gasteiger partial charge in [-0.3, -0.25) is 9.78 Å². The molecule has 0 spiro atoms. The third-order valence-electron chi connectivity index (χ3n) is 8.30. The fourth-order valence-corrected chi connectivity index (χ4v) is 6.48. The molecular weight excluding hydrogens is 468 g/mol. The van der Waals surface area contributed by atoms with Crippen molar-refractivity contribution >= 4 is 17.4 Å². The third-order valence-corrected chi connectivity index (χ3v) is 8.30. The second-order valence-corrected chi connectivity index (χ2v) is 10.7. The van der Waals surface area contributed by atoms with Gasteiger partial charge in [-0.25, -0.2) is 9.97 Å². The molecule has 2 aliphatic heterocycles. The summed E-state index contributed by atoms with van der Waals surface area (Å²) < 4.78 is 1.77. The van der Waals surface area contributed by atoms with Crippen molar-refractivity contribution in [1.29, 1.82) is 0 Å². The van der Waals surface area contributed by atoms with Gasteiger partial charge < -0.3 is 20.7 Å². The van der Waals surface area contributed by atoms with Crippen molar-refractivity contribution in [3.05, 3.63) is 47.7 Å². The lowest BCUT2D eigenvalue weighted by Crippen LogP contribution is -2.47. The van der Waals surface area contributed by atoms with Crippen LogP contribution in [0.5, 0.6) is 0 Å². The molecule has 7 rings (SSSR count). The number of nitrogen functional groups attached to an aromatic ring is 1. The maximum absolute atomic E-state index is 12.4. The minimum Gasteiger partial charge on any atom is -0.387 e. The number of hydrogen-bond donors (Lipinski definition) is 3. The molecule has 3 fully saturated rings. The quantitative estimate of drug-likeness (QED) is 0.384. The monoisotopic (exact) mass is 498 g/mol. The fraction of sp³-hybridized carbons (Fsp3) is 0.444. The van der Waals surface area contributed by atoms with Gasteiger partial charge in [-0.05, 0) is 57.4 Å². The van der Waals surface area contributed by atoms with Crippen molar-refractivity contribution in [2.24, 2.45) is 0 Å². The molecule has 3 aliphatic rings.